The van der Waals surface area contributed by atoms with Gasteiger partial charge in [0, 0.05) is 12.6 Å². The summed E-state index contributed by atoms with van der Waals surface area (Å²) in [7, 11) is 1.59. The number of hydrogen-bond donors (Lipinski definition) is 1. The lowest BCUT2D eigenvalue weighted by Crippen LogP contribution is -2.35. The first kappa shape index (κ1) is 17.4. The molecule has 128 valence electrons. The van der Waals surface area contributed by atoms with E-state index in [1.54, 1.807) is 25.2 Å². The van der Waals surface area contributed by atoms with Gasteiger partial charge in [-0.05, 0) is 23.8 Å². The lowest BCUT2D eigenvalue weighted by atomic mass is 10.2. The van der Waals surface area contributed by atoms with Gasteiger partial charge in [-0.2, -0.15) is 9.97 Å². The summed E-state index contributed by atoms with van der Waals surface area (Å²) >= 11 is 12.0. The van der Waals surface area contributed by atoms with Crippen LogP contribution in [0.25, 0.3) is 11.4 Å². The molecule has 3 rings (SSSR count). The summed E-state index contributed by atoms with van der Waals surface area (Å²) < 4.78 is 1.33. The summed E-state index contributed by atoms with van der Waals surface area (Å²) in [6, 6.07) is 14.6. The van der Waals surface area contributed by atoms with Gasteiger partial charge in [0.25, 0.3) is 0 Å². The van der Waals surface area contributed by atoms with Crippen LogP contribution in [-0.4, -0.2) is 14.5 Å². The van der Waals surface area contributed by atoms with Crippen LogP contribution in [0.2, 0.25) is 10.0 Å². The highest BCUT2D eigenvalue weighted by molar-refractivity contribution is 6.42. The Labute approximate surface area is 154 Å². The second-order valence-electron chi connectivity index (χ2n) is 5.43. The Balaban J connectivity index is 2.00. The highest BCUT2D eigenvalue weighted by atomic mass is 35.5. The zero-order valence-electron chi connectivity index (χ0n) is 13.4. The topological polar surface area (TPSA) is 77.0 Å². The number of rotatable bonds is 4. The van der Waals surface area contributed by atoms with Crippen LogP contribution in [0.5, 0.6) is 0 Å². The molecule has 8 heteroatoms. The van der Waals surface area contributed by atoms with Crippen molar-refractivity contribution in [2.45, 2.75) is 6.54 Å². The number of nitrogens with zero attached hydrogens (tertiary/aromatic N) is 4. The monoisotopic (exact) mass is 375 g/mol. The number of halogens is 2. The maximum Gasteiger partial charge on any atom is 0.352 e. The standard InChI is InChI=1S/C17H15Cl2N5O/c1-23-15(12-7-8-13(18)14(19)9-12)21-16(22-17(23)25)24(20)10-11-5-3-2-4-6-11/h2-9H,10,20H2,1H3. The van der Waals surface area contributed by atoms with Gasteiger partial charge in [0.15, 0.2) is 0 Å². The van der Waals surface area contributed by atoms with Crippen LogP contribution in [0, 0.1) is 0 Å². The van der Waals surface area contributed by atoms with Crippen LogP contribution in [-0.2, 0) is 13.6 Å². The molecule has 2 N–H and O–H groups in total. The first-order valence-electron chi connectivity index (χ1n) is 7.42. The summed E-state index contributed by atoms with van der Waals surface area (Å²) in [5.74, 6) is 6.59. The van der Waals surface area contributed by atoms with Crippen molar-refractivity contribution >= 4 is 29.2 Å². The highest BCUT2D eigenvalue weighted by Crippen LogP contribution is 2.27. The smallest absolute Gasteiger partial charge is 0.279 e. The van der Waals surface area contributed by atoms with Crippen molar-refractivity contribution in [3.63, 3.8) is 0 Å². The van der Waals surface area contributed by atoms with Crippen molar-refractivity contribution in [1.82, 2.24) is 14.5 Å². The second-order valence-corrected chi connectivity index (χ2v) is 6.25. The van der Waals surface area contributed by atoms with Crippen LogP contribution < -0.4 is 16.5 Å². The Morgan fingerprint density at radius 2 is 1.80 bits per heavy atom. The highest BCUT2D eigenvalue weighted by Gasteiger charge is 2.14. The molecule has 6 nitrogen and oxygen atoms in total. The van der Waals surface area contributed by atoms with Crippen LogP contribution in [0.3, 0.4) is 0 Å². The van der Waals surface area contributed by atoms with Crippen molar-refractivity contribution in [2.24, 2.45) is 12.9 Å². The van der Waals surface area contributed by atoms with E-state index in [1.807, 2.05) is 30.3 Å². The molecule has 0 unspecified atom stereocenters. The molecule has 0 aliphatic heterocycles. The summed E-state index contributed by atoms with van der Waals surface area (Å²) in [6.45, 7) is 0.370. The minimum Gasteiger partial charge on any atom is -0.279 e. The van der Waals surface area contributed by atoms with E-state index in [9.17, 15) is 4.79 Å². The molecule has 0 aliphatic carbocycles. The molecule has 1 heterocycles. The lowest BCUT2D eigenvalue weighted by Gasteiger charge is -2.18. The fourth-order valence-electron chi connectivity index (χ4n) is 2.32. The number of hydrogen-bond acceptors (Lipinski definition) is 5. The molecule has 0 fully saturated rings. The second kappa shape index (κ2) is 7.23. The molecule has 0 spiro atoms. The predicted molar refractivity (Wildman–Crippen MR) is 99.5 cm³/mol. The molecule has 0 amide bonds. The summed E-state index contributed by atoms with van der Waals surface area (Å²) in [4.78, 5) is 20.6. The van der Waals surface area contributed by atoms with E-state index in [2.05, 4.69) is 9.97 Å². The number of anilines is 1. The molecule has 3 aromatic rings. The van der Waals surface area contributed by atoms with Crippen molar-refractivity contribution in [3.05, 3.63) is 74.6 Å². The summed E-state index contributed by atoms with van der Waals surface area (Å²) in [6.07, 6.45) is 0. The zero-order chi connectivity index (χ0) is 18.0. The van der Waals surface area contributed by atoms with E-state index >= 15 is 0 Å². The number of benzene rings is 2. The normalized spacial score (nSPS) is 10.7. The van der Waals surface area contributed by atoms with E-state index in [-0.39, 0.29) is 5.95 Å². The van der Waals surface area contributed by atoms with E-state index in [0.29, 0.717) is 28.0 Å². The van der Waals surface area contributed by atoms with Gasteiger partial charge in [-0.25, -0.2) is 10.6 Å². The van der Waals surface area contributed by atoms with Gasteiger partial charge in [0.05, 0.1) is 16.6 Å². The quantitative estimate of drug-likeness (QED) is 0.560. The Kier molecular flexibility index (Phi) is 5.03. The van der Waals surface area contributed by atoms with Gasteiger partial charge < -0.3 is 0 Å². The van der Waals surface area contributed by atoms with Gasteiger partial charge in [-0.1, -0.05) is 53.5 Å². The maximum absolute atomic E-state index is 12.2. The summed E-state index contributed by atoms with van der Waals surface area (Å²) in [5, 5.41) is 2.13. The molecule has 0 bridgehead atoms. The van der Waals surface area contributed by atoms with Crippen molar-refractivity contribution in [1.29, 1.82) is 0 Å². The van der Waals surface area contributed by atoms with Gasteiger partial charge in [-0.15, -0.1) is 0 Å². The van der Waals surface area contributed by atoms with E-state index < -0.39 is 5.69 Å². The fraction of sp³-hybridized carbons (Fsp3) is 0.118. The number of nitrogens with two attached hydrogens (primary N) is 1. The van der Waals surface area contributed by atoms with E-state index in [0.717, 1.165) is 5.56 Å². The molecule has 1 aromatic heterocycles. The zero-order valence-corrected chi connectivity index (χ0v) is 14.9. The van der Waals surface area contributed by atoms with Crippen LogP contribution in [0.1, 0.15) is 5.56 Å². The molecule has 0 saturated carbocycles. The summed E-state index contributed by atoms with van der Waals surface area (Å²) in [5.41, 5.74) is 1.16. The number of aromatic nitrogens is 3. The third-order valence-electron chi connectivity index (χ3n) is 3.64. The number of hydrazine groups is 1. The first-order chi connectivity index (χ1) is 12.0. The van der Waals surface area contributed by atoms with Crippen molar-refractivity contribution in [3.8, 4) is 11.4 Å². The minimum absolute atomic E-state index is 0.132. The molecular formula is C17H15Cl2N5O. The average molecular weight is 376 g/mol. The van der Waals surface area contributed by atoms with Gasteiger partial charge in [0.2, 0.25) is 5.95 Å². The molecular weight excluding hydrogens is 361 g/mol. The minimum atomic E-state index is -0.463. The van der Waals surface area contributed by atoms with E-state index in [4.69, 9.17) is 29.0 Å². The van der Waals surface area contributed by atoms with Gasteiger partial charge in [-0.3, -0.25) is 9.58 Å². The largest absolute Gasteiger partial charge is 0.352 e. The van der Waals surface area contributed by atoms with Crippen LogP contribution >= 0.6 is 23.2 Å². The Bertz CT molecular complexity index is 959. The third-order valence-corrected chi connectivity index (χ3v) is 4.38. The molecule has 25 heavy (non-hydrogen) atoms. The first-order valence-corrected chi connectivity index (χ1v) is 8.18. The van der Waals surface area contributed by atoms with Crippen LogP contribution in [0.4, 0.5) is 5.95 Å². The maximum atomic E-state index is 12.2. The Hall–Kier alpha value is -2.41. The molecule has 0 saturated heterocycles. The third kappa shape index (κ3) is 3.82. The molecule has 0 atom stereocenters. The van der Waals surface area contributed by atoms with Gasteiger partial charge in [0.1, 0.15) is 5.82 Å². The van der Waals surface area contributed by atoms with Crippen LogP contribution in [0.15, 0.2) is 53.3 Å². The predicted octanol–water partition coefficient (Wildman–Crippen LogP) is 3.03. The Morgan fingerprint density at radius 3 is 2.48 bits per heavy atom. The average Bonchev–Trinajstić information content (AvgIpc) is 2.60. The van der Waals surface area contributed by atoms with E-state index in [1.165, 1.54) is 9.58 Å². The fourth-order valence-corrected chi connectivity index (χ4v) is 2.62. The molecule has 2 aromatic carbocycles. The molecule has 0 aliphatic rings. The Morgan fingerprint density at radius 1 is 1.08 bits per heavy atom. The lowest BCUT2D eigenvalue weighted by molar-refractivity contribution is 0.736. The van der Waals surface area contributed by atoms with Gasteiger partial charge >= 0.3 is 5.69 Å². The molecule has 0 radical (unpaired) electrons. The van der Waals surface area contributed by atoms with Crippen molar-refractivity contribution < 1.29 is 0 Å². The SMILES string of the molecule is Cn1c(-c2ccc(Cl)c(Cl)c2)nc(N(N)Cc2ccccc2)nc1=O. The van der Waals surface area contributed by atoms with Crippen molar-refractivity contribution in [2.75, 3.05) is 5.01 Å².